The van der Waals surface area contributed by atoms with E-state index in [1.165, 1.54) is 0 Å². The summed E-state index contributed by atoms with van der Waals surface area (Å²) in [4.78, 5) is 0. The topological polar surface area (TPSA) is 38.7 Å². The third-order valence-electron chi connectivity index (χ3n) is 2.80. The third-order valence-corrected chi connectivity index (χ3v) is 2.80. The van der Waals surface area contributed by atoms with Crippen molar-refractivity contribution in [2.24, 2.45) is 0 Å². The van der Waals surface area contributed by atoms with Gasteiger partial charge < -0.3 is 14.3 Å². The van der Waals surface area contributed by atoms with Crippen LogP contribution in [0, 0.1) is 0 Å². The molecule has 1 N–H and O–H groups in total. The zero-order valence-corrected chi connectivity index (χ0v) is 11.7. The summed E-state index contributed by atoms with van der Waals surface area (Å²) in [6, 6.07) is 7.21. The first-order valence-electron chi connectivity index (χ1n) is 6.41. The number of hydrogen-bond donors (Lipinski definition) is 1. The van der Waals surface area contributed by atoms with Crippen LogP contribution in [0.1, 0.15) is 11.1 Å². The molecule has 0 aliphatic heterocycles. The Morgan fingerprint density at radius 2 is 1.08 bits per heavy atom. The second-order valence-electron chi connectivity index (χ2n) is 4.59. The molecule has 2 aromatic carbocycles. The summed E-state index contributed by atoms with van der Waals surface area (Å²) in [7, 11) is -2.09. The molecule has 0 saturated heterocycles. The summed E-state index contributed by atoms with van der Waals surface area (Å²) >= 11 is 0. The van der Waals surface area contributed by atoms with Crippen LogP contribution in [0.2, 0.25) is 0 Å². The van der Waals surface area contributed by atoms with Crippen LogP contribution < -0.4 is 9.31 Å². The maximum absolute atomic E-state index is 12.6. The zero-order valence-electron chi connectivity index (χ0n) is 11.7. The number of hydrogen-bond acceptors (Lipinski definition) is 3. The van der Waals surface area contributed by atoms with Gasteiger partial charge in [-0.05, 0) is 36.4 Å². The molecular weight excluding hydrogens is 341 g/mol. The molecule has 0 saturated carbocycles. The van der Waals surface area contributed by atoms with Crippen LogP contribution in [-0.2, 0) is 12.4 Å². The van der Waals surface area contributed by atoms with Gasteiger partial charge in [-0.25, -0.2) is 0 Å². The fraction of sp³-hybridized carbons (Fsp3) is 0.143. The first-order valence-corrected chi connectivity index (χ1v) is 6.41. The fourth-order valence-corrected chi connectivity index (χ4v) is 1.75. The van der Waals surface area contributed by atoms with Gasteiger partial charge in [-0.3, -0.25) is 0 Å². The summed E-state index contributed by atoms with van der Waals surface area (Å²) in [6.45, 7) is 0. The maximum atomic E-state index is 12.6. The quantitative estimate of drug-likeness (QED) is 0.665. The first-order chi connectivity index (χ1) is 11.1. The van der Waals surface area contributed by atoms with Crippen LogP contribution in [0.25, 0.3) is 0 Å². The largest absolute Gasteiger partial charge is 0.785 e. The number of alkyl halides is 6. The van der Waals surface area contributed by atoms with Crippen molar-refractivity contribution in [3.63, 3.8) is 0 Å². The highest BCUT2D eigenvalue weighted by molar-refractivity contribution is 6.36. The Balaban J connectivity index is 2.08. The molecule has 0 unspecified atom stereocenters. The molecule has 24 heavy (non-hydrogen) atoms. The van der Waals surface area contributed by atoms with Gasteiger partial charge in [-0.2, -0.15) is 26.3 Å². The number of rotatable bonds is 4. The van der Waals surface area contributed by atoms with Crippen molar-refractivity contribution in [3.8, 4) is 11.5 Å². The minimum Gasteiger partial charge on any atom is -0.501 e. The van der Waals surface area contributed by atoms with E-state index < -0.39 is 30.8 Å². The monoisotopic (exact) mass is 350 g/mol. The highest BCUT2D eigenvalue weighted by Crippen LogP contribution is 2.32. The van der Waals surface area contributed by atoms with Crippen molar-refractivity contribution in [1.29, 1.82) is 0 Å². The molecule has 2 aromatic rings. The Morgan fingerprint density at radius 3 is 1.42 bits per heavy atom. The van der Waals surface area contributed by atoms with Crippen LogP contribution in [-0.4, -0.2) is 12.3 Å². The minimum absolute atomic E-state index is 0.357. The van der Waals surface area contributed by atoms with Gasteiger partial charge in [-0.15, -0.1) is 0 Å². The lowest BCUT2D eigenvalue weighted by Crippen LogP contribution is -2.29. The van der Waals surface area contributed by atoms with Crippen molar-refractivity contribution in [1.82, 2.24) is 0 Å². The van der Waals surface area contributed by atoms with Crippen molar-refractivity contribution in [2.75, 3.05) is 0 Å². The lowest BCUT2D eigenvalue weighted by molar-refractivity contribution is -0.138. The van der Waals surface area contributed by atoms with Crippen LogP contribution in [0.5, 0.6) is 11.5 Å². The van der Waals surface area contributed by atoms with E-state index in [1.54, 1.807) is 0 Å². The van der Waals surface area contributed by atoms with Gasteiger partial charge in [0.15, 0.2) is 0 Å². The molecule has 0 spiro atoms. The van der Waals surface area contributed by atoms with E-state index in [0.717, 1.165) is 36.4 Å². The Kier molecular flexibility index (Phi) is 4.98. The molecule has 0 aliphatic rings. The smallest absolute Gasteiger partial charge is 0.501 e. The fourth-order valence-electron chi connectivity index (χ4n) is 1.75. The van der Waals surface area contributed by atoms with E-state index in [-0.39, 0.29) is 11.5 Å². The molecule has 128 valence electrons. The predicted molar refractivity (Wildman–Crippen MR) is 72.1 cm³/mol. The van der Waals surface area contributed by atoms with Gasteiger partial charge >= 0.3 is 19.7 Å². The summed E-state index contributed by atoms with van der Waals surface area (Å²) in [5.41, 5.74) is -2.02. The highest BCUT2D eigenvalue weighted by Gasteiger charge is 2.32. The molecule has 0 heterocycles. The van der Waals surface area contributed by atoms with E-state index in [0.29, 0.717) is 12.1 Å². The van der Waals surface area contributed by atoms with E-state index in [9.17, 15) is 31.4 Å². The zero-order chi connectivity index (χ0) is 18.0. The summed E-state index contributed by atoms with van der Waals surface area (Å²) in [5.74, 6) is -0.714. The van der Waals surface area contributed by atoms with Gasteiger partial charge in [0.2, 0.25) is 0 Å². The SMILES string of the molecule is OB(Oc1cccc(C(F)(F)F)c1)Oc1cccc(C(F)(F)F)c1. The molecule has 0 fully saturated rings. The Bertz CT molecular complexity index is 642. The van der Waals surface area contributed by atoms with Gasteiger partial charge in [0.25, 0.3) is 0 Å². The molecule has 3 nitrogen and oxygen atoms in total. The van der Waals surface area contributed by atoms with Crippen LogP contribution in [0.3, 0.4) is 0 Å². The van der Waals surface area contributed by atoms with Gasteiger partial charge in [0, 0.05) is 0 Å². The normalized spacial score (nSPS) is 12.0. The van der Waals surface area contributed by atoms with E-state index >= 15 is 0 Å². The van der Waals surface area contributed by atoms with Crippen molar-refractivity contribution in [2.45, 2.75) is 12.4 Å². The lowest BCUT2D eigenvalue weighted by Gasteiger charge is -2.14. The standard InChI is InChI=1S/C14H9BF6O3/c16-13(17,18)9-3-1-5-11(7-9)23-15(22)24-12-6-2-4-10(8-12)14(19,20)21/h1-8,22H. The third kappa shape index (κ3) is 4.82. The second-order valence-corrected chi connectivity index (χ2v) is 4.59. The van der Waals surface area contributed by atoms with Crippen LogP contribution in [0.15, 0.2) is 48.5 Å². The summed E-state index contributed by atoms with van der Waals surface area (Å²) < 4.78 is 84.8. The molecule has 0 amide bonds. The van der Waals surface area contributed by atoms with Crippen LogP contribution >= 0.6 is 0 Å². The van der Waals surface area contributed by atoms with E-state index in [4.69, 9.17) is 9.31 Å². The van der Waals surface area contributed by atoms with Gasteiger partial charge in [-0.1, -0.05) is 12.1 Å². The molecule has 0 atom stereocenters. The van der Waals surface area contributed by atoms with Crippen molar-refractivity contribution in [3.05, 3.63) is 59.7 Å². The predicted octanol–water partition coefficient (Wildman–Crippen LogP) is 4.16. The Labute approximate surface area is 132 Å². The molecule has 0 aromatic heterocycles. The Hall–Kier alpha value is -2.36. The highest BCUT2D eigenvalue weighted by atomic mass is 19.4. The average molecular weight is 350 g/mol. The molecule has 0 aliphatic carbocycles. The van der Waals surface area contributed by atoms with Crippen molar-refractivity contribution < 1.29 is 40.7 Å². The minimum atomic E-state index is -4.60. The number of halogens is 6. The first kappa shape index (κ1) is 18.0. The van der Waals surface area contributed by atoms with Gasteiger partial charge in [0.1, 0.15) is 11.5 Å². The van der Waals surface area contributed by atoms with E-state index in [1.807, 2.05) is 0 Å². The van der Waals surface area contributed by atoms with Crippen molar-refractivity contribution >= 4 is 7.32 Å². The molecule has 0 bridgehead atoms. The molecular formula is C14H9BF6O3. The maximum Gasteiger partial charge on any atom is 0.785 e. The second kappa shape index (κ2) is 6.64. The lowest BCUT2D eigenvalue weighted by atomic mass is 10.1. The van der Waals surface area contributed by atoms with Gasteiger partial charge in [0.05, 0.1) is 11.1 Å². The number of benzene rings is 2. The molecule has 0 radical (unpaired) electrons. The summed E-state index contributed by atoms with van der Waals surface area (Å²) in [5, 5.41) is 9.54. The van der Waals surface area contributed by atoms with E-state index in [2.05, 4.69) is 0 Å². The average Bonchev–Trinajstić information content (AvgIpc) is 2.46. The Morgan fingerprint density at radius 1 is 0.708 bits per heavy atom. The molecule has 2 rings (SSSR count). The van der Waals surface area contributed by atoms with Crippen LogP contribution in [0.4, 0.5) is 26.3 Å². The summed E-state index contributed by atoms with van der Waals surface area (Å²) in [6.07, 6.45) is -9.21. The molecule has 10 heteroatoms.